The summed E-state index contributed by atoms with van der Waals surface area (Å²) >= 11 is 2.79. The number of fused-ring (bicyclic) bond motifs is 2. The number of carbonyl (C=O) groups excluding carboxylic acids is 2. The molecule has 0 bridgehead atoms. The Hall–Kier alpha value is -3.11. The molecule has 0 saturated carbocycles. The number of esters is 1. The highest BCUT2D eigenvalue weighted by molar-refractivity contribution is 7.99. The first-order valence-electron chi connectivity index (χ1n) is 10.8. The summed E-state index contributed by atoms with van der Waals surface area (Å²) in [7, 11) is 1.89. The number of aromatic nitrogens is 4. The highest BCUT2D eigenvalue weighted by Gasteiger charge is 2.28. The number of H-pyrrole nitrogens is 1. The van der Waals surface area contributed by atoms with Crippen LogP contribution in [-0.2, 0) is 29.4 Å². The van der Waals surface area contributed by atoms with Gasteiger partial charge in [-0.05, 0) is 37.8 Å². The van der Waals surface area contributed by atoms with Crippen LogP contribution in [0.2, 0.25) is 0 Å². The van der Waals surface area contributed by atoms with Crippen molar-refractivity contribution in [1.29, 1.82) is 0 Å². The van der Waals surface area contributed by atoms with Crippen LogP contribution in [0.3, 0.4) is 0 Å². The molecule has 0 spiro atoms. The molecular formula is C23H23N5O3S2. The normalized spacial score (nSPS) is 12.8. The van der Waals surface area contributed by atoms with E-state index in [1.54, 1.807) is 6.92 Å². The molecule has 1 aromatic carbocycles. The minimum Gasteiger partial charge on any atom is -0.462 e. The first-order chi connectivity index (χ1) is 16.1. The van der Waals surface area contributed by atoms with Gasteiger partial charge in [0.1, 0.15) is 5.00 Å². The number of hydrogen-bond acceptors (Lipinski definition) is 7. The Balaban J connectivity index is 1.30. The van der Waals surface area contributed by atoms with Gasteiger partial charge in [-0.1, -0.05) is 30.0 Å². The van der Waals surface area contributed by atoms with Gasteiger partial charge in [-0.2, -0.15) is 0 Å². The zero-order valence-electron chi connectivity index (χ0n) is 18.3. The van der Waals surface area contributed by atoms with Crippen LogP contribution < -0.4 is 5.32 Å². The lowest BCUT2D eigenvalue weighted by molar-refractivity contribution is -0.113. The lowest BCUT2D eigenvalue weighted by Gasteiger charge is -2.08. The Labute approximate surface area is 198 Å². The molecular weight excluding hydrogens is 458 g/mol. The third kappa shape index (κ3) is 4.04. The maximum Gasteiger partial charge on any atom is 0.341 e. The molecule has 1 aliphatic carbocycles. The fraction of sp³-hybridized carbons (Fsp3) is 0.304. The second-order valence-corrected chi connectivity index (χ2v) is 9.78. The Bertz CT molecular complexity index is 1350. The van der Waals surface area contributed by atoms with Crippen LogP contribution in [0, 0.1) is 0 Å². The minimum absolute atomic E-state index is 0.157. The summed E-state index contributed by atoms with van der Waals surface area (Å²) in [6.45, 7) is 2.09. The van der Waals surface area contributed by atoms with Gasteiger partial charge in [-0.25, -0.2) is 4.79 Å². The van der Waals surface area contributed by atoms with E-state index in [0.717, 1.165) is 52.0 Å². The fourth-order valence-corrected chi connectivity index (χ4v) is 6.14. The first-order valence-corrected chi connectivity index (χ1v) is 12.6. The zero-order chi connectivity index (χ0) is 22.9. The van der Waals surface area contributed by atoms with Gasteiger partial charge in [-0.3, -0.25) is 4.79 Å². The average molecular weight is 482 g/mol. The van der Waals surface area contributed by atoms with E-state index in [1.807, 2.05) is 42.1 Å². The van der Waals surface area contributed by atoms with Gasteiger partial charge < -0.3 is 19.6 Å². The van der Waals surface area contributed by atoms with Crippen molar-refractivity contribution < 1.29 is 14.3 Å². The zero-order valence-corrected chi connectivity index (χ0v) is 19.9. The van der Waals surface area contributed by atoms with Crippen molar-refractivity contribution >= 4 is 50.9 Å². The van der Waals surface area contributed by atoms with Gasteiger partial charge in [0, 0.05) is 34.6 Å². The van der Waals surface area contributed by atoms with Crippen molar-refractivity contribution in [3.63, 3.8) is 0 Å². The summed E-state index contributed by atoms with van der Waals surface area (Å²) in [6.07, 6.45) is 4.73. The van der Waals surface area contributed by atoms with Crippen LogP contribution in [-0.4, -0.2) is 44.0 Å². The Morgan fingerprint density at radius 3 is 2.97 bits per heavy atom. The molecule has 33 heavy (non-hydrogen) atoms. The fourth-order valence-electron chi connectivity index (χ4n) is 4.14. The summed E-state index contributed by atoms with van der Waals surface area (Å²) in [5.74, 6) is 0.332. The summed E-state index contributed by atoms with van der Waals surface area (Å²) in [5, 5.41) is 13.8. The molecule has 0 saturated heterocycles. The van der Waals surface area contributed by atoms with Crippen molar-refractivity contribution in [3.05, 3.63) is 46.5 Å². The SMILES string of the molecule is CCOC(=O)c1c(NC(=O)CSc2nnc(-c3c[nH]c4ccccc34)n2C)sc2c1CCC2. The summed E-state index contributed by atoms with van der Waals surface area (Å²) < 4.78 is 7.12. The van der Waals surface area contributed by atoms with E-state index in [1.165, 1.54) is 23.1 Å². The number of thiophene rings is 1. The number of aryl methyl sites for hydroxylation is 1. The van der Waals surface area contributed by atoms with Crippen molar-refractivity contribution in [2.45, 2.75) is 31.3 Å². The Kier molecular flexibility index (Phi) is 5.94. The Morgan fingerprint density at radius 1 is 1.27 bits per heavy atom. The standard InChI is InChI=1S/C23H23N5O3S2/c1-3-31-22(30)19-14-8-6-10-17(14)33-21(19)25-18(29)12-32-23-27-26-20(28(23)2)15-11-24-16-9-5-4-7-13(15)16/h4-5,7,9,11,24H,3,6,8,10,12H2,1-2H3,(H,25,29). The van der Waals surface area contributed by atoms with Crippen LogP contribution in [0.15, 0.2) is 35.6 Å². The number of hydrogen-bond donors (Lipinski definition) is 2. The van der Waals surface area contributed by atoms with E-state index in [4.69, 9.17) is 4.74 Å². The number of rotatable bonds is 7. The molecule has 4 aromatic rings. The molecule has 8 nitrogen and oxygen atoms in total. The third-order valence-corrected chi connectivity index (χ3v) is 7.88. The van der Waals surface area contributed by atoms with E-state index in [9.17, 15) is 9.59 Å². The maximum atomic E-state index is 12.7. The smallest absolute Gasteiger partial charge is 0.341 e. The number of nitrogens with zero attached hydrogens (tertiary/aromatic N) is 3. The van der Waals surface area contributed by atoms with Crippen LogP contribution in [0.25, 0.3) is 22.3 Å². The summed E-state index contributed by atoms with van der Waals surface area (Å²) in [6, 6.07) is 8.02. The van der Waals surface area contributed by atoms with E-state index in [0.29, 0.717) is 22.3 Å². The number of anilines is 1. The van der Waals surface area contributed by atoms with Gasteiger partial charge in [0.15, 0.2) is 11.0 Å². The van der Waals surface area contributed by atoms with Gasteiger partial charge in [0.05, 0.1) is 17.9 Å². The second-order valence-electron chi connectivity index (χ2n) is 7.73. The van der Waals surface area contributed by atoms with Gasteiger partial charge in [0.2, 0.25) is 5.91 Å². The molecule has 0 unspecified atom stereocenters. The van der Waals surface area contributed by atoms with E-state index in [2.05, 4.69) is 20.5 Å². The quantitative estimate of drug-likeness (QED) is 0.299. The van der Waals surface area contributed by atoms with E-state index in [-0.39, 0.29) is 17.6 Å². The average Bonchev–Trinajstić information content (AvgIpc) is 3.56. The molecule has 2 N–H and O–H groups in total. The van der Waals surface area contributed by atoms with Crippen LogP contribution >= 0.6 is 23.1 Å². The highest BCUT2D eigenvalue weighted by Crippen LogP contribution is 2.39. The minimum atomic E-state index is -0.364. The monoisotopic (exact) mass is 481 g/mol. The summed E-state index contributed by atoms with van der Waals surface area (Å²) in [5.41, 5.74) is 3.54. The number of ether oxygens (including phenoxy) is 1. The molecule has 5 rings (SSSR count). The van der Waals surface area contributed by atoms with Gasteiger partial charge in [0.25, 0.3) is 0 Å². The topological polar surface area (TPSA) is 102 Å². The largest absolute Gasteiger partial charge is 0.462 e. The molecule has 1 amide bonds. The maximum absolute atomic E-state index is 12.7. The predicted octanol–water partition coefficient (Wildman–Crippen LogP) is 4.42. The number of carbonyl (C=O) groups is 2. The molecule has 10 heteroatoms. The summed E-state index contributed by atoms with van der Waals surface area (Å²) in [4.78, 5) is 29.6. The number of aromatic amines is 1. The van der Waals surface area contributed by atoms with Gasteiger partial charge in [-0.15, -0.1) is 21.5 Å². The highest BCUT2D eigenvalue weighted by atomic mass is 32.2. The molecule has 3 aromatic heterocycles. The Morgan fingerprint density at radius 2 is 2.12 bits per heavy atom. The number of nitrogens with one attached hydrogen (secondary N) is 2. The molecule has 0 fully saturated rings. The first kappa shape index (κ1) is 21.7. The van der Waals surface area contributed by atoms with Crippen LogP contribution in [0.4, 0.5) is 5.00 Å². The molecule has 0 atom stereocenters. The molecule has 1 aliphatic rings. The number of amides is 1. The van der Waals surface area contributed by atoms with E-state index >= 15 is 0 Å². The van der Waals surface area contributed by atoms with Crippen molar-refractivity contribution in [3.8, 4) is 11.4 Å². The van der Waals surface area contributed by atoms with E-state index < -0.39 is 0 Å². The molecule has 0 aliphatic heterocycles. The van der Waals surface area contributed by atoms with Crippen molar-refractivity contribution in [2.75, 3.05) is 17.7 Å². The molecule has 170 valence electrons. The van der Waals surface area contributed by atoms with Crippen LogP contribution in [0.5, 0.6) is 0 Å². The predicted molar refractivity (Wildman–Crippen MR) is 130 cm³/mol. The van der Waals surface area contributed by atoms with Crippen LogP contribution in [0.1, 0.15) is 34.1 Å². The molecule has 3 heterocycles. The van der Waals surface area contributed by atoms with Crippen molar-refractivity contribution in [2.24, 2.45) is 7.05 Å². The lowest BCUT2D eigenvalue weighted by atomic mass is 10.1. The van der Waals surface area contributed by atoms with Gasteiger partial charge >= 0.3 is 5.97 Å². The number of thioether (sulfide) groups is 1. The van der Waals surface area contributed by atoms with Crippen molar-refractivity contribution in [1.82, 2.24) is 19.7 Å². The number of para-hydroxylation sites is 1. The lowest BCUT2D eigenvalue weighted by Crippen LogP contribution is -2.17. The molecule has 0 radical (unpaired) electrons. The third-order valence-electron chi connectivity index (χ3n) is 5.65. The second kappa shape index (κ2) is 9.03. The number of benzene rings is 1.